The van der Waals surface area contributed by atoms with Crippen LogP contribution < -0.4 is 0 Å². The Labute approximate surface area is 204 Å². The summed E-state index contributed by atoms with van der Waals surface area (Å²) >= 11 is 6.24. The zero-order chi connectivity index (χ0) is 24.2. The van der Waals surface area contributed by atoms with Gasteiger partial charge in [-0.2, -0.15) is 10.4 Å². The molecule has 4 rings (SSSR count). The van der Waals surface area contributed by atoms with E-state index in [4.69, 9.17) is 27.1 Å². The van der Waals surface area contributed by atoms with Crippen molar-refractivity contribution in [1.29, 1.82) is 5.26 Å². The van der Waals surface area contributed by atoms with Crippen LogP contribution in [0.25, 0.3) is 5.69 Å². The average molecular weight is 478 g/mol. The minimum absolute atomic E-state index is 0.0424. The Balaban J connectivity index is 1.58. The number of aromatic nitrogens is 2. The molecule has 2 aromatic carbocycles. The third-order valence-electron chi connectivity index (χ3n) is 6.45. The van der Waals surface area contributed by atoms with Crippen molar-refractivity contribution in [2.24, 2.45) is 0 Å². The number of aryl methyl sites for hydroxylation is 1. The number of rotatable bonds is 6. The van der Waals surface area contributed by atoms with Crippen molar-refractivity contribution in [2.45, 2.75) is 20.3 Å². The van der Waals surface area contributed by atoms with Gasteiger partial charge >= 0.3 is 0 Å². The highest BCUT2D eigenvalue weighted by atomic mass is 35.5. The van der Waals surface area contributed by atoms with Crippen LogP contribution in [-0.4, -0.2) is 69.9 Å². The molecule has 1 fully saturated rings. The predicted octanol–water partition coefficient (Wildman–Crippen LogP) is 3.36. The van der Waals surface area contributed by atoms with E-state index >= 15 is 0 Å². The molecule has 176 valence electrons. The van der Waals surface area contributed by atoms with Crippen LogP contribution in [0.1, 0.15) is 38.4 Å². The molecule has 0 unspecified atom stereocenters. The van der Waals surface area contributed by atoms with Crippen LogP contribution >= 0.6 is 11.6 Å². The molecule has 1 N–H and O–H groups in total. The first-order valence-corrected chi connectivity index (χ1v) is 11.8. The van der Waals surface area contributed by atoms with Gasteiger partial charge in [0.05, 0.1) is 28.6 Å². The summed E-state index contributed by atoms with van der Waals surface area (Å²) in [5.41, 5.74) is 5.82. The van der Waals surface area contributed by atoms with Gasteiger partial charge in [0.25, 0.3) is 5.91 Å². The number of nitriles is 1. The van der Waals surface area contributed by atoms with Crippen molar-refractivity contribution in [3.63, 3.8) is 0 Å². The Bertz CT molecular complexity index is 1240. The highest BCUT2D eigenvalue weighted by Crippen LogP contribution is 2.26. The molecule has 1 aliphatic rings. The van der Waals surface area contributed by atoms with E-state index in [9.17, 15) is 4.79 Å². The minimum atomic E-state index is 0.0424. The van der Waals surface area contributed by atoms with Crippen molar-refractivity contribution >= 4 is 17.5 Å². The molecule has 0 aliphatic carbocycles. The lowest BCUT2D eigenvalue weighted by Crippen LogP contribution is -2.49. The maximum atomic E-state index is 13.4. The molecular weight excluding hydrogens is 450 g/mol. The summed E-state index contributed by atoms with van der Waals surface area (Å²) in [5, 5.41) is 23.4. The van der Waals surface area contributed by atoms with Gasteiger partial charge in [-0.25, -0.2) is 4.68 Å². The van der Waals surface area contributed by atoms with Crippen LogP contribution in [0.4, 0.5) is 0 Å². The molecule has 7 nitrogen and oxygen atoms in total. The Morgan fingerprint density at radius 2 is 1.88 bits per heavy atom. The molecule has 3 aromatic rings. The number of hydrogen-bond donors (Lipinski definition) is 1. The topological polar surface area (TPSA) is 85.4 Å². The molecule has 0 spiro atoms. The number of amides is 1. The van der Waals surface area contributed by atoms with Crippen LogP contribution in [-0.2, 0) is 6.42 Å². The Hall–Kier alpha value is -3.18. The van der Waals surface area contributed by atoms with Crippen molar-refractivity contribution in [3.05, 3.63) is 81.1 Å². The normalized spacial score (nSPS) is 14.3. The molecule has 0 saturated carbocycles. The maximum absolute atomic E-state index is 13.4. The van der Waals surface area contributed by atoms with E-state index in [-0.39, 0.29) is 12.5 Å². The zero-order valence-electron chi connectivity index (χ0n) is 19.5. The van der Waals surface area contributed by atoms with Crippen LogP contribution in [0.15, 0.2) is 42.5 Å². The molecule has 8 heteroatoms. The van der Waals surface area contributed by atoms with Gasteiger partial charge in [0.1, 0.15) is 6.07 Å². The highest BCUT2D eigenvalue weighted by molar-refractivity contribution is 6.31. The summed E-state index contributed by atoms with van der Waals surface area (Å²) in [6, 6.07) is 15.1. The number of piperazine rings is 1. The van der Waals surface area contributed by atoms with Gasteiger partial charge in [-0.3, -0.25) is 9.69 Å². The lowest BCUT2D eigenvalue weighted by Gasteiger charge is -2.34. The lowest BCUT2D eigenvalue weighted by atomic mass is 9.97. The molecule has 1 aliphatic heterocycles. The smallest absolute Gasteiger partial charge is 0.254 e. The predicted molar refractivity (Wildman–Crippen MR) is 131 cm³/mol. The van der Waals surface area contributed by atoms with Gasteiger partial charge in [0.2, 0.25) is 0 Å². The molecule has 2 heterocycles. The third-order valence-corrected chi connectivity index (χ3v) is 6.76. The zero-order valence-corrected chi connectivity index (χ0v) is 20.2. The fourth-order valence-corrected chi connectivity index (χ4v) is 4.69. The first-order chi connectivity index (χ1) is 16.4. The standard InChI is InChI=1S/C26H28ClN5O2/c1-18-24(19(2)32(29-18)22-8-7-21(17-28)25(27)16-22)15-20-5-3-4-6-23(20)26(34)31-11-9-30(10-12-31)13-14-33/h3-8,16,33H,9-15H2,1-2H3. The van der Waals surface area contributed by atoms with Crippen molar-refractivity contribution in [3.8, 4) is 11.8 Å². The van der Waals surface area contributed by atoms with E-state index in [0.29, 0.717) is 42.2 Å². The Morgan fingerprint density at radius 3 is 2.56 bits per heavy atom. The molecule has 1 amide bonds. The first kappa shape index (κ1) is 24.0. The Kier molecular flexibility index (Phi) is 7.32. The summed E-state index contributed by atoms with van der Waals surface area (Å²) in [6.45, 7) is 7.61. The summed E-state index contributed by atoms with van der Waals surface area (Å²) in [5.74, 6) is 0.0424. The van der Waals surface area contributed by atoms with Gasteiger partial charge < -0.3 is 10.0 Å². The second-order valence-electron chi connectivity index (χ2n) is 8.53. The van der Waals surface area contributed by atoms with Crippen LogP contribution in [0.2, 0.25) is 5.02 Å². The summed E-state index contributed by atoms with van der Waals surface area (Å²) in [6.07, 6.45) is 0.591. The molecule has 0 bridgehead atoms. The van der Waals surface area contributed by atoms with E-state index in [1.54, 1.807) is 12.1 Å². The lowest BCUT2D eigenvalue weighted by molar-refractivity contribution is 0.0614. The number of benzene rings is 2. The van der Waals surface area contributed by atoms with Gasteiger partial charge in [-0.15, -0.1) is 0 Å². The summed E-state index contributed by atoms with van der Waals surface area (Å²) in [7, 11) is 0. The number of halogens is 1. The monoisotopic (exact) mass is 477 g/mol. The molecule has 34 heavy (non-hydrogen) atoms. The second kappa shape index (κ2) is 10.4. The highest BCUT2D eigenvalue weighted by Gasteiger charge is 2.24. The van der Waals surface area contributed by atoms with E-state index in [2.05, 4.69) is 11.0 Å². The van der Waals surface area contributed by atoms with Crippen molar-refractivity contribution in [2.75, 3.05) is 39.3 Å². The average Bonchev–Trinajstić information content (AvgIpc) is 3.13. The van der Waals surface area contributed by atoms with Crippen LogP contribution in [0.5, 0.6) is 0 Å². The van der Waals surface area contributed by atoms with E-state index in [1.807, 2.05) is 53.8 Å². The number of aliphatic hydroxyl groups excluding tert-OH is 1. The van der Waals surface area contributed by atoms with Gasteiger partial charge in [-0.1, -0.05) is 29.8 Å². The fourth-order valence-electron chi connectivity index (χ4n) is 4.47. The maximum Gasteiger partial charge on any atom is 0.254 e. The number of hydrogen-bond acceptors (Lipinski definition) is 5. The molecule has 1 saturated heterocycles. The van der Waals surface area contributed by atoms with E-state index in [1.165, 1.54) is 0 Å². The number of carbonyl (C=O) groups is 1. The number of β-amino-alcohol motifs (C(OH)–C–C–N with tert-alkyl or cyclic N) is 1. The third kappa shape index (κ3) is 4.85. The van der Waals surface area contributed by atoms with Gasteiger partial charge in [-0.05, 0) is 43.7 Å². The first-order valence-electron chi connectivity index (χ1n) is 11.4. The second-order valence-corrected chi connectivity index (χ2v) is 8.94. The van der Waals surface area contributed by atoms with Crippen LogP contribution in [0, 0.1) is 25.2 Å². The quantitative estimate of drug-likeness (QED) is 0.588. The minimum Gasteiger partial charge on any atom is -0.395 e. The largest absolute Gasteiger partial charge is 0.395 e. The van der Waals surface area contributed by atoms with Crippen molar-refractivity contribution < 1.29 is 9.90 Å². The number of nitrogens with zero attached hydrogens (tertiary/aromatic N) is 5. The van der Waals surface area contributed by atoms with E-state index in [0.717, 1.165) is 41.3 Å². The molecule has 1 aromatic heterocycles. The molecule has 0 radical (unpaired) electrons. The Morgan fingerprint density at radius 1 is 1.15 bits per heavy atom. The summed E-state index contributed by atoms with van der Waals surface area (Å²) in [4.78, 5) is 17.4. The summed E-state index contributed by atoms with van der Waals surface area (Å²) < 4.78 is 1.84. The molecular formula is C26H28ClN5O2. The number of carbonyl (C=O) groups excluding carboxylic acids is 1. The van der Waals surface area contributed by atoms with E-state index < -0.39 is 0 Å². The van der Waals surface area contributed by atoms with Gasteiger partial charge in [0.15, 0.2) is 0 Å². The SMILES string of the molecule is Cc1nn(-c2ccc(C#N)c(Cl)c2)c(C)c1Cc1ccccc1C(=O)N1CCN(CCO)CC1. The van der Waals surface area contributed by atoms with Crippen LogP contribution in [0.3, 0.4) is 0 Å². The van der Waals surface area contributed by atoms with Gasteiger partial charge in [0, 0.05) is 56.0 Å². The fraction of sp³-hybridized carbons (Fsp3) is 0.346. The van der Waals surface area contributed by atoms with Crippen molar-refractivity contribution in [1.82, 2.24) is 19.6 Å². The number of aliphatic hydroxyl groups is 1. The molecule has 0 atom stereocenters.